The van der Waals surface area contributed by atoms with Crippen LogP contribution in [0.1, 0.15) is 22.8 Å². The van der Waals surface area contributed by atoms with Crippen LogP contribution in [0.25, 0.3) is 56.0 Å². The number of benzene rings is 4. The number of carbonyl (C=O) groups excluding carboxylic acids is 1. The molecule has 2 heterocycles. The number of aromatic nitrogens is 1. The van der Waals surface area contributed by atoms with Gasteiger partial charge in [0.15, 0.2) is 5.58 Å². The number of aryl methyl sites for hydroxylation is 1. The van der Waals surface area contributed by atoms with E-state index in [-0.39, 0.29) is 11.3 Å². The van der Waals surface area contributed by atoms with E-state index in [0.717, 1.165) is 22.9 Å². The number of amides is 1. The number of nitrogens with one attached hydrogen (secondary N) is 1. The number of carbonyl (C=O) groups is 1. The first kappa shape index (κ1) is 28.2. The number of furan rings is 1. The summed E-state index contributed by atoms with van der Waals surface area (Å²) in [7, 11) is -0.711. The molecule has 10 heteroatoms. The van der Waals surface area contributed by atoms with Gasteiger partial charge in [0.1, 0.15) is 22.7 Å². The van der Waals surface area contributed by atoms with Gasteiger partial charge < -0.3 is 14.2 Å². The minimum atomic E-state index is -3.69. The van der Waals surface area contributed by atoms with Crippen LogP contribution in [0.15, 0.2) is 87.7 Å². The van der Waals surface area contributed by atoms with E-state index >= 15 is 0 Å². The van der Waals surface area contributed by atoms with Crippen molar-refractivity contribution in [3.05, 3.63) is 95.8 Å². The molecule has 0 saturated heterocycles. The Bertz CT molecular complexity index is 2100. The molecule has 6 aromatic rings. The second kappa shape index (κ2) is 10.7. The van der Waals surface area contributed by atoms with E-state index in [1.807, 2.05) is 49.4 Å². The van der Waals surface area contributed by atoms with Crippen LogP contribution in [-0.2, 0) is 16.4 Å². The highest BCUT2D eigenvalue weighted by Crippen LogP contribution is 2.42. The van der Waals surface area contributed by atoms with Crippen LogP contribution >= 0.6 is 0 Å². The van der Waals surface area contributed by atoms with Crippen molar-refractivity contribution in [3.63, 3.8) is 0 Å². The molecule has 0 saturated carbocycles. The lowest BCUT2D eigenvalue weighted by molar-refractivity contribution is 0.0964. The first-order chi connectivity index (χ1) is 20.6. The average Bonchev–Trinajstić information content (AvgIpc) is 3.61. The maximum absolute atomic E-state index is 13.7. The Morgan fingerprint density at radius 2 is 1.65 bits per heavy atom. The normalized spacial score (nSPS) is 11.7. The molecule has 4 aromatic carbocycles. The Morgan fingerprint density at radius 3 is 2.33 bits per heavy atom. The fraction of sp³-hybridized carbons (Fsp3) is 0.152. The van der Waals surface area contributed by atoms with Crippen molar-refractivity contribution < 1.29 is 26.4 Å². The van der Waals surface area contributed by atoms with Gasteiger partial charge in [0.05, 0.1) is 17.5 Å². The molecule has 218 valence electrons. The molecule has 0 atom stereocenters. The summed E-state index contributed by atoms with van der Waals surface area (Å²) in [5.41, 5.74) is 5.77. The number of hydrogen-bond acceptors (Lipinski definition) is 6. The van der Waals surface area contributed by atoms with Crippen molar-refractivity contribution in [1.82, 2.24) is 10.3 Å². The number of rotatable bonds is 7. The third-order valence-corrected chi connectivity index (χ3v) is 8.65. The average molecular weight is 598 g/mol. The number of halogens is 1. The van der Waals surface area contributed by atoms with Crippen LogP contribution in [0.4, 0.5) is 10.1 Å². The zero-order chi connectivity index (χ0) is 30.5. The van der Waals surface area contributed by atoms with E-state index < -0.39 is 21.7 Å². The van der Waals surface area contributed by atoms with Crippen LogP contribution in [-0.4, -0.2) is 39.7 Å². The maximum Gasteiger partial charge on any atom is 0.255 e. The quantitative estimate of drug-likeness (QED) is 0.212. The summed E-state index contributed by atoms with van der Waals surface area (Å²) in [4.78, 5) is 17.9. The molecule has 8 nitrogen and oxygen atoms in total. The number of anilines is 1. The Kier molecular flexibility index (Phi) is 7.01. The molecule has 0 spiro atoms. The number of oxazole rings is 1. The lowest BCUT2D eigenvalue weighted by atomic mass is 9.95. The SMILES string of the molecule is CCc1cc(-c2nc3ccccc3o2)cc(-c2cc3c(C(=O)NC)c(-c4ccc(F)cc4)oc3cc2N(C)S(C)(=O)=O)c1. The number of nitrogens with zero attached hydrogens (tertiary/aromatic N) is 2. The van der Waals surface area contributed by atoms with Crippen LogP contribution < -0.4 is 9.62 Å². The van der Waals surface area contributed by atoms with Gasteiger partial charge >= 0.3 is 0 Å². The fourth-order valence-electron chi connectivity index (χ4n) is 5.13. The summed E-state index contributed by atoms with van der Waals surface area (Å²) in [6.45, 7) is 2.02. The highest BCUT2D eigenvalue weighted by molar-refractivity contribution is 7.92. The van der Waals surface area contributed by atoms with Crippen LogP contribution in [0.2, 0.25) is 0 Å². The predicted octanol–water partition coefficient (Wildman–Crippen LogP) is 7.03. The highest BCUT2D eigenvalue weighted by Gasteiger charge is 2.26. The van der Waals surface area contributed by atoms with Crippen LogP contribution in [0, 0.1) is 5.82 Å². The molecule has 2 aromatic heterocycles. The van der Waals surface area contributed by atoms with Gasteiger partial charge in [-0.05, 0) is 72.1 Å². The third-order valence-electron chi connectivity index (χ3n) is 7.46. The standard InChI is InChI=1S/C33H28FN3O5S/c1-5-19-14-21(16-22(15-19)33-36-26-8-6-7-9-28(26)42-33)24-17-25-29(18-27(24)37(3)43(4,39)40)41-31(30(25)32(38)35-2)20-10-12-23(34)13-11-20/h6-18H,5H2,1-4H3,(H,35,38). The van der Waals surface area contributed by atoms with Crippen molar-refractivity contribution in [1.29, 1.82) is 0 Å². The molecule has 0 bridgehead atoms. The van der Waals surface area contributed by atoms with Crippen molar-refractivity contribution in [2.75, 3.05) is 24.7 Å². The van der Waals surface area contributed by atoms with Crippen LogP contribution in [0.5, 0.6) is 0 Å². The topological polar surface area (TPSA) is 106 Å². The lowest BCUT2D eigenvalue weighted by Gasteiger charge is -2.21. The third kappa shape index (κ3) is 5.14. The Morgan fingerprint density at radius 1 is 0.930 bits per heavy atom. The molecule has 43 heavy (non-hydrogen) atoms. The largest absolute Gasteiger partial charge is 0.455 e. The molecule has 6 rings (SSSR count). The summed E-state index contributed by atoms with van der Waals surface area (Å²) < 4.78 is 52.8. The number of para-hydroxylation sites is 2. The van der Waals surface area contributed by atoms with E-state index in [0.29, 0.717) is 51.2 Å². The van der Waals surface area contributed by atoms with Gasteiger partial charge in [-0.1, -0.05) is 25.1 Å². The molecule has 1 amide bonds. The van der Waals surface area contributed by atoms with E-state index in [1.165, 1.54) is 42.7 Å². The van der Waals surface area contributed by atoms with Gasteiger partial charge in [-0.3, -0.25) is 9.10 Å². The summed E-state index contributed by atoms with van der Waals surface area (Å²) in [6, 6.07) is 22.4. The highest BCUT2D eigenvalue weighted by atomic mass is 32.2. The fourth-order valence-corrected chi connectivity index (χ4v) is 5.64. The van der Waals surface area contributed by atoms with E-state index in [2.05, 4.69) is 10.3 Å². The first-order valence-corrected chi connectivity index (χ1v) is 15.4. The molecule has 0 aliphatic carbocycles. The van der Waals surface area contributed by atoms with Gasteiger partial charge in [-0.15, -0.1) is 0 Å². The molecular weight excluding hydrogens is 569 g/mol. The van der Waals surface area contributed by atoms with E-state index in [1.54, 1.807) is 12.1 Å². The zero-order valence-corrected chi connectivity index (χ0v) is 24.8. The lowest BCUT2D eigenvalue weighted by Crippen LogP contribution is -2.25. The number of hydrogen-bond donors (Lipinski definition) is 1. The molecule has 0 fully saturated rings. The van der Waals surface area contributed by atoms with E-state index in [9.17, 15) is 17.6 Å². The van der Waals surface area contributed by atoms with Gasteiger partial charge in [0.2, 0.25) is 15.9 Å². The Labute approximate surface area is 247 Å². The monoisotopic (exact) mass is 597 g/mol. The summed E-state index contributed by atoms with van der Waals surface area (Å²) >= 11 is 0. The van der Waals surface area contributed by atoms with Gasteiger partial charge in [-0.25, -0.2) is 17.8 Å². The molecular formula is C33H28FN3O5S. The molecule has 0 aliphatic rings. The van der Waals surface area contributed by atoms with Crippen molar-refractivity contribution in [2.45, 2.75) is 13.3 Å². The Balaban J connectivity index is 1.64. The number of sulfonamides is 1. The smallest absolute Gasteiger partial charge is 0.255 e. The molecule has 1 N–H and O–H groups in total. The van der Waals surface area contributed by atoms with Crippen molar-refractivity contribution in [3.8, 4) is 33.9 Å². The van der Waals surface area contributed by atoms with Crippen LogP contribution in [0.3, 0.4) is 0 Å². The molecule has 0 unspecified atom stereocenters. The number of fused-ring (bicyclic) bond motifs is 2. The molecule has 0 aliphatic heterocycles. The van der Waals surface area contributed by atoms with E-state index in [4.69, 9.17) is 8.83 Å². The minimum absolute atomic E-state index is 0.244. The van der Waals surface area contributed by atoms with Gasteiger partial charge in [0.25, 0.3) is 5.91 Å². The van der Waals surface area contributed by atoms with Crippen molar-refractivity contribution in [2.24, 2.45) is 0 Å². The van der Waals surface area contributed by atoms with Gasteiger partial charge in [0, 0.05) is 42.2 Å². The second-order valence-electron chi connectivity index (χ2n) is 10.2. The predicted molar refractivity (Wildman–Crippen MR) is 166 cm³/mol. The maximum atomic E-state index is 13.7. The molecule has 0 radical (unpaired) electrons. The van der Waals surface area contributed by atoms with Gasteiger partial charge in [-0.2, -0.15) is 0 Å². The first-order valence-electron chi connectivity index (χ1n) is 13.6. The summed E-state index contributed by atoms with van der Waals surface area (Å²) in [6.07, 6.45) is 1.82. The summed E-state index contributed by atoms with van der Waals surface area (Å²) in [5, 5.41) is 3.14. The zero-order valence-electron chi connectivity index (χ0n) is 23.9. The minimum Gasteiger partial charge on any atom is -0.455 e. The second-order valence-corrected chi connectivity index (χ2v) is 12.3. The Hall–Kier alpha value is -4.96. The van der Waals surface area contributed by atoms with Crippen molar-refractivity contribution >= 4 is 43.7 Å². The summed E-state index contributed by atoms with van der Waals surface area (Å²) in [5.74, 6) is -0.146.